The predicted octanol–water partition coefficient (Wildman–Crippen LogP) is 3.26. The van der Waals surface area contributed by atoms with Gasteiger partial charge < -0.3 is 10.0 Å². The second-order valence-electron chi connectivity index (χ2n) is 5.81. The number of rotatable bonds is 4. The van der Waals surface area contributed by atoms with Crippen molar-refractivity contribution in [1.82, 2.24) is 4.90 Å². The van der Waals surface area contributed by atoms with Crippen molar-refractivity contribution in [3.05, 3.63) is 42.5 Å². The van der Waals surface area contributed by atoms with Gasteiger partial charge in [-0.25, -0.2) is 0 Å². The molecule has 2 aromatic rings. The second kappa shape index (κ2) is 7.04. The number of hydrogen-bond donors (Lipinski definition) is 1. The lowest BCUT2D eigenvalue weighted by Gasteiger charge is -2.30. The van der Waals surface area contributed by atoms with E-state index in [-0.39, 0.29) is 5.91 Å². The third-order valence-corrected chi connectivity index (χ3v) is 5.19. The summed E-state index contributed by atoms with van der Waals surface area (Å²) < 4.78 is 0. The molecule has 1 amide bonds. The number of fused-ring (bicyclic) bond motifs is 1. The minimum absolute atomic E-state index is 0.0223. The van der Waals surface area contributed by atoms with Gasteiger partial charge in [-0.15, -0.1) is 11.8 Å². The van der Waals surface area contributed by atoms with Crippen molar-refractivity contribution in [2.24, 2.45) is 5.92 Å². The van der Waals surface area contributed by atoms with Crippen LogP contribution in [0, 0.1) is 5.92 Å². The lowest BCUT2D eigenvalue weighted by Crippen LogP contribution is -2.43. The van der Waals surface area contributed by atoms with Crippen LogP contribution in [0.25, 0.3) is 10.8 Å². The smallest absolute Gasteiger partial charge is 0.308 e. The van der Waals surface area contributed by atoms with Crippen LogP contribution >= 0.6 is 11.8 Å². The molecule has 1 N–H and O–H groups in total. The van der Waals surface area contributed by atoms with E-state index >= 15 is 0 Å². The number of likely N-dealkylation sites (tertiary alicyclic amines) is 1. The van der Waals surface area contributed by atoms with Crippen molar-refractivity contribution in [2.45, 2.75) is 17.7 Å². The van der Waals surface area contributed by atoms with E-state index in [9.17, 15) is 9.59 Å². The molecule has 0 aromatic heterocycles. The number of amides is 1. The zero-order chi connectivity index (χ0) is 16.2. The maximum Gasteiger partial charge on any atom is 0.308 e. The highest BCUT2D eigenvalue weighted by molar-refractivity contribution is 8.00. The van der Waals surface area contributed by atoms with E-state index in [2.05, 4.69) is 24.3 Å². The van der Waals surface area contributed by atoms with Gasteiger partial charge in [-0.3, -0.25) is 9.59 Å². The number of thioether (sulfide) groups is 1. The fraction of sp³-hybridized carbons (Fsp3) is 0.333. The molecule has 1 aliphatic rings. The van der Waals surface area contributed by atoms with Crippen molar-refractivity contribution in [1.29, 1.82) is 0 Å². The van der Waals surface area contributed by atoms with Gasteiger partial charge in [0.1, 0.15) is 0 Å². The van der Waals surface area contributed by atoms with Crippen molar-refractivity contribution in [3.63, 3.8) is 0 Å². The highest BCUT2D eigenvalue weighted by atomic mass is 32.2. The summed E-state index contributed by atoms with van der Waals surface area (Å²) >= 11 is 1.51. The SMILES string of the molecule is O=C(O)C1CCCN(C(=O)CSc2ccc3ccccc3c2)C1. The molecule has 0 aliphatic carbocycles. The van der Waals surface area contributed by atoms with E-state index in [4.69, 9.17) is 5.11 Å². The van der Waals surface area contributed by atoms with Crippen LogP contribution in [0.15, 0.2) is 47.4 Å². The highest BCUT2D eigenvalue weighted by Crippen LogP contribution is 2.25. The molecule has 0 radical (unpaired) electrons. The lowest BCUT2D eigenvalue weighted by atomic mass is 9.98. The minimum atomic E-state index is -0.801. The molecule has 1 fully saturated rings. The lowest BCUT2D eigenvalue weighted by molar-refractivity contribution is -0.145. The number of carbonyl (C=O) groups is 2. The van der Waals surface area contributed by atoms with E-state index in [0.717, 1.165) is 16.7 Å². The summed E-state index contributed by atoms with van der Waals surface area (Å²) in [5.41, 5.74) is 0. The monoisotopic (exact) mass is 329 g/mol. The Balaban J connectivity index is 1.60. The van der Waals surface area contributed by atoms with Gasteiger partial charge in [0.15, 0.2) is 0 Å². The number of carboxylic acid groups (broad SMARTS) is 1. The summed E-state index contributed by atoms with van der Waals surface area (Å²) in [6.07, 6.45) is 1.43. The second-order valence-corrected chi connectivity index (χ2v) is 6.86. The first-order chi connectivity index (χ1) is 11.1. The first kappa shape index (κ1) is 15.9. The maximum atomic E-state index is 12.3. The molecular weight excluding hydrogens is 310 g/mol. The van der Waals surface area contributed by atoms with E-state index in [1.807, 2.05) is 18.2 Å². The fourth-order valence-corrected chi connectivity index (χ4v) is 3.75. The molecule has 1 atom stereocenters. The molecule has 5 heteroatoms. The van der Waals surface area contributed by atoms with Gasteiger partial charge in [0.05, 0.1) is 11.7 Å². The van der Waals surface area contributed by atoms with Gasteiger partial charge in [0, 0.05) is 18.0 Å². The summed E-state index contributed by atoms with van der Waals surface area (Å²) in [5.74, 6) is -0.845. The topological polar surface area (TPSA) is 57.6 Å². The number of aliphatic carboxylic acids is 1. The van der Waals surface area contributed by atoms with Crippen LogP contribution in [0.1, 0.15) is 12.8 Å². The van der Waals surface area contributed by atoms with Crippen molar-refractivity contribution < 1.29 is 14.7 Å². The first-order valence-corrected chi connectivity index (χ1v) is 8.74. The zero-order valence-corrected chi connectivity index (χ0v) is 13.6. The zero-order valence-electron chi connectivity index (χ0n) is 12.8. The molecule has 2 aromatic carbocycles. The van der Waals surface area contributed by atoms with E-state index in [1.54, 1.807) is 4.90 Å². The quantitative estimate of drug-likeness (QED) is 0.875. The number of benzene rings is 2. The van der Waals surface area contributed by atoms with Crippen LogP contribution in [-0.4, -0.2) is 40.7 Å². The molecule has 1 unspecified atom stereocenters. The summed E-state index contributed by atoms with van der Waals surface area (Å²) in [4.78, 5) is 26.1. The number of carbonyl (C=O) groups excluding carboxylic acids is 1. The van der Waals surface area contributed by atoms with Crippen molar-refractivity contribution >= 4 is 34.4 Å². The van der Waals surface area contributed by atoms with E-state index in [0.29, 0.717) is 25.3 Å². The molecule has 1 heterocycles. The fourth-order valence-electron chi connectivity index (χ4n) is 2.90. The van der Waals surface area contributed by atoms with Gasteiger partial charge in [-0.2, -0.15) is 0 Å². The summed E-state index contributed by atoms with van der Waals surface area (Å²) in [5, 5.41) is 11.4. The van der Waals surface area contributed by atoms with Gasteiger partial charge in [0.2, 0.25) is 5.91 Å². The molecular formula is C18H19NO3S. The van der Waals surface area contributed by atoms with Crippen LogP contribution in [0.4, 0.5) is 0 Å². The molecule has 1 aliphatic heterocycles. The van der Waals surface area contributed by atoms with Crippen LogP contribution < -0.4 is 0 Å². The number of nitrogens with zero attached hydrogens (tertiary/aromatic N) is 1. The van der Waals surface area contributed by atoms with Gasteiger partial charge in [-0.05, 0) is 35.7 Å². The average molecular weight is 329 g/mol. The van der Waals surface area contributed by atoms with Crippen molar-refractivity contribution in [2.75, 3.05) is 18.8 Å². The van der Waals surface area contributed by atoms with Crippen molar-refractivity contribution in [3.8, 4) is 0 Å². The largest absolute Gasteiger partial charge is 0.481 e. The average Bonchev–Trinajstić information content (AvgIpc) is 2.59. The Morgan fingerprint density at radius 2 is 1.96 bits per heavy atom. The Labute approximate surface area is 139 Å². The maximum absolute atomic E-state index is 12.3. The third-order valence-electron chi connectivity index (χ3n) is 4.21. The van der Waals surface area contributed by atoms with Crippen LogP contribution in [0.3, 0.4) is 0 Å². The van der Waals surface area contributed by atoms with E-state index in [1.165, 1.54) is 17.1 Å². The highest BCUT2D eigenvalue weighted by Gasteiger charge is 2.27. The third kappa shape index (κ3) is 3.85. The number of carboxylic acids is 1. The van der Waals surface area contributed by atoms with Crippen LogP contribution in [0.2, 0.25) is 0 Å². The number of piperidine rings is 1. The Morgan fingerprint density at radius 3 is 2.74 bits per heavy atom. The normalized spacial score (nSPS) is 18.1. The van der Waals surface area contributed by atoms with Crippen LogP contribution in [-0.2, 0) is 9.59 Å². The minimum Gasteiger partial charge on any atom is -0.481 e. The standard InChI is InChI=1S/C18H19NO3S/c20-17(19-9-3-6-15(11-19)18(21)22)12-23-16-8-7-13-4-1-2-5-14(13)10-16/h1-2,4-5,7-8,10,15H,3,6,9,11-12H2,(H,21,22). The Morgan fingerprint density at radius 1 is 1.17 bits per heavy atom. The molecule has 1 saturated heterocycles. The van der Waals surface area contributed by atoms with Gasteiger partial charge >= 0.3 is 5.97 Å². The summed E-state index contributed by atoms with van der Waals surface area (Å²) in [6.45, 7) is 1.01. The molecule has 0 spiro atoms. The number of hydrogen-bond acceptors (Lipinski definition) is 3. The molecule has 120 valence electrons. The Hall–Kier alpha value is -2.01. The van der Waals surface area contributed by atoms with Gasteiger partial charge in [-0.1, -0.05) is 30.3 Å². The molecule has 0 saturated carbocycles. The first-order valence-electron chi connectivity index (χ1n) is 7.75. The summed E-state index contributed by atoms with van der Waals surface area (Å²) in [7, 11) is 0. The molecule has 4 nitrogen and oxygen atoms in total. The molecule has 0 bridgehead atoms. The Bertz CT molecular complexity index is 731. The van der Waals surface area contributed by atoms with E-state index < -0.39 is 11.9 Å². The molecule has 3 rings (SSSR count). The van der Waals surface area contributed by atoms with Gasteiger partial charge in [0.25, 0.3) is 0 Å². The Kier molecular flexibility index (Phi) is 4.86. The van der Waals surface area contributed by atoms with Crippen LogP contribution in [0.5, 0.6) is 0 Å². The molecule has 23 heavy (non-hydrogen) atoms. The predicted molar refractivity (Wildman–Crippen MR) is 91.6 cm³/mol. The summed E-state index contributed by atoms with van der Waals surface area (Å²) in [6, 6.07) is 14.3.